The summed E-state index contributed by atoms with van der Waals surface area (Å²) in [4.78, 5) is 27.9. The maximum Gasteiger partial charge on any atom is 0.410 e. The van der Waals surface area contributed by atoms with Gasteiger partial charge in [-0.3, -0.25) is 4.79 Å². The Kier molecular flexibility index (Phi) is 8.23. The molecule has 0 bridgehead atoms. The van der Waals surface area contributed by atoms with Crippen LogP contribution in [0.25, 0.3) is 0 Å². The highest BCUT2D eigenvalue weighted by molar-refractivity contribution is 7.16. The summed E-state index contributed by atoms with van der Waals surface area (Å²) in [5.41, 5.74) is 2.34. The van der Waals surface area contributed by atoms with Gasteiger partial charge >= 0.3 is 6.09 Å². The van der Waals surface area contributed by atoms with Gasteiger partial charge in [-0.1, -0.05) is 25.1 Å². The lowest BCUT2D eigenvalue weighted by Crippen LogP contribution is -2.37. The van der Waals surface area contributed by atoms with Crippen molar-refractivity contribution in [3.8, 4) is 11.8 Å². The number of carbonyl (C=O) groups is 2. The predicted molar refractivity (Wildman–Crippen MR) is 129 cm³/mol. The fourth-order valence-electron chi connectivity index (χ4n) is 4.23. The molecule has 186 valence electrons. The Morgan fingerprint density at radius 2 is 2.20 bits per heavy atom. The van der Waals surface area contributed by atoms with Gasteiger partial charge in [-0.25, -0.2) is 4.79 Å². The number of nitrogens with one attached hydrogen (secondary N) is 1. The van der Waals surface area contributed by atoms with Crippen LogP contribution in [-0.2, 0) is 32.0 Å². The minimum atomic E-state index is -0.426. The van der Waals surface area contributed by atoms with E-state index in [2.05, 4.69) is 11.4 Å². The zero-order chi connectivity index (χ0) is 24.8. The van der Waals surface area contributed by atoms with Crippen LogP contribution in [0.1, 0.15) is 47.8 Å². The molecule has 2 unspecified atom stereocenters. The molecule has 1 N–H and O–H groups in total. The summed E-state index contributed by atoms with van der Waals surface area (Å²) in [5, 5.41) is 13.2. The number of para-hydroxylation sites is 1. The lowest BCUT2D eigenvalue weighted by Gasteiger charge is -2.26. The van der Waals surface area contributed by atoms with E-state index in [9.17, 15) is 14.9 Å². The Morgan fingerprint density at radius 1 is 1.37 bits per heavy atom. The van der Waals surface area contributed by atoms with E-state index in [-0.39, 0.29) is 37.7 Å². The maximum absolute atomic E-state index is 12.9. The number of nitrogens with zero attached hydrogens (tertiary/aromatic N) is 2. The summed E-state index contributed by atoms with van der Waals surface area (Å²) in [6.07, 6.45) is 0.116. The number of fused-ring (bicyclic) bond motifs is 1. The summed E-state index contributed by atoms with van der Waals surface area (Å²) in [5.74, 6) is 0.546. The third-order valence-corrected chi connectivity index (χ3v) is 7.14. The van der Waals surface area contributed by atoms with Crippen LogP contribution in [0.2, 0.25) is 0 Å². The molecule has 2 amide bonds. The molecule has 1 aromatic carbocycles. The van der Waals surface area contributed by atoms with Crippen molar-refractivity contribution in [2.75, 3.05) is 38.5 Å². The lowest BCUT2D eigenvalue weighted by atomic mass is 9.96. The van der Waals surface area contributed by atoms with Crippen molar-refractivity contribution in [1.82, 2.24) is 4.90 Å². The van der Waals surface area contributed by atoms with Gasteiger partial charge in [-0.15, -0.1) is 11.3 Å². The standard InChI is InChI=1S/C25H29N3O6S/c1-3-32-21-7-5-4-6-18(21)16(2)10-23(29)27-24-20(11-26)19-8-9-28(12-22(19)35-24)25(30)33-14-17-13-31-15-34-17/h4-7,16-17H,3,8-10,12-15H2,1-2H3,(H,27,29). The molecule has 2 aliphatic heterocycles. The number of benzene rings is 1. The molecule has 10 heteroatoms. The molecule has 2 aliphatic rings. The van der Waals surface area contributed by atoms with E-state index in [1.165, 1.54) is 11.3 Å². The van der Waals surface area contributed by atoms with Crippen LogP contribution in [0.15, 0.2) is 24.3 Å². The van der Waals surface area contributed by atoms with Gasteiger partial charge in [0, 0.05) is 17.8 Å². The number of nitriles is 1. The second-order valence-corrected chi connectivity index (χ2v) is 9.57. The van der Waals surface area contributed by atoms with E-state index < -0.39 is 6.09 Å². The van der Waals surface area contributed by atoms with Gasteiger partial charge in [0.25, 0.3) is 0 Å². The van der Waals surface area contributed by atoms with Crippen molar-refractivity contribution in [2.24, 2.45) is 0 Å². The monoisotopic (exact) mass is 499 g/mol. The zero-order valence-corrected chi connectivity index (χ0v) is 20.7. The highest BCUT2D eigenvalue weighted by Crippen LogP contribution is 2.37. The number of carbonyl (C=O) groups excluding carboxylic acids is 2. The number of amides is 2. The van der Waals surface area contributed by atoms with Gasteiger partial charge in [0.2, 0.25) is 5.91 Å². The van der Waals surface area contributed by atoms with E-state index in [0.29, 0.717) is 43.3 Å². The van der Waals surface area contributed by atoms with Crippen LogP contribution in [0.4, 0.5) is 9.80 Å². The fourth-order valence-corrected chi connectivity index (χ4v) is 5.46. The van der Waals surface area contributed by atoms with Crippen LogP contribution in [0, 0.1) is 11.3 Å². The van der Waals surface area contributed by atoms with Crippen molar-refractivity contribution in [3.05, 3.63) is 45.8 Å². The number of anilines is 1. The molecule has 4 rings (SSSR count). The molecular weight excluding hydrogens is 470 g/mol. The number of thiophene rings is 1. The van der Waals surface area contributed by atoms with Gasteiger partial charge in [0.05, 0.1) is 25.3 Å². The van der Waals surface area contributed by atoms with Crippen molar-refractivity contribution >= 4 is 28.3 Å². The molecule has 0 aliphatic carbocycles. The Bertz CT molecular complexity index is 1110. The van der Waals surface area contributed by atoms with E-state index in [1.54, 1.807) is 4.90 Å². The van der Waals surface area contributed by atoms with E-state index in [1.807, 2.05) is 38.1 Å². The third kappa shape index (κ3) is 5.93. The van der Waals surface area contributed by atoms with Gasteiger partial charge in [0.15, 0.2) is 0 Å². The molecule has 35 heavy (non-hydrogen) atoms. The van der Waals surface area contributed by atoms with E-state index >= 15 is 0 Å². The smallest absolute Gasteiger partial charge is 0.410 e. The Hall–Kier alpha value is -3.13. The first-order valence-electron chi connectivity index (χ1n) is 11.7. The molecule has 0 radical (unpaired) electrons. The summed E-state index contributed by atoms with van der Waals surface area (Å²) in [7, 11) is 0. The highest BCUT2D eigenvalue weighted by Gasteiger charge is 2.29. The van der Waals surface area contributed by atoms with Gasteiger partial charge in [0.1, 0.15) is 36.3 Å². The molecule has 1 aromatic heterocycles. The number of ether oxygens (including phenoxy) is 4. The fraction of sp³-hybridized carbons (Fsp3) is 0.480. The summed E-state index contributed by atoms with van der Waals surface area (Å²) >= 11 is 1.34. The number of hydrogen-bond donors (Lipinski definition) is 1. The normalized spacial score (nSPS) is 17.9. The second-order valence-electron chi connectivity index (χ2n) is 8.47. The largest absolute Gasteiger partial charge is 0.494 e. The minimum absolute atomic E-state index is 0.0580. The first kappa shape index (κ1) is 25.0. The Morgan fingerprint density at radius 3 is 2.94 bits per heavy atom. The molecule has 2 atom stereocenters. The average molecular weight is 500 g/mol. The van der Waals surface area contributed by atoms with Crippen molar-refractivity contribution in [3.63, 3.8) is 0 Å². The molecule has 3 heterocycles. The van der Waals surface area contributed by atoms with Gasteiger partial charge in [-0.2, -0.15) is 5.26 Å². The SMILES string of the molecule is CCOc1ccccc1C(C)CC(=O)Nc1sc2c(c1C#N)CCN(C(=O)OCC1COCO1)C2. The molecule has 0 saturated carbocycles. The lowest BCUT2D eigenvalue weighted by molar-refractivity contribution is -0.116. The third-order valence-electron chi connectivity index (χ3n) is 6.00. The molecule has 1 fully saturated rings. The van der Waals surface area contributed by atoms with Crippen LogP contribution in [0.3, 0.4) is 0 Å². The van der Waals surface area contributed by atoms with Crippen LogP contribution in [-0.4, -0.2) is 56.2 Å². The molecular formula is C25H29N3O6S. The maximum atomic E-state index is 12.9. The van der Waals surface area contributed by atoms with Crippen LogP contribution >= 0.6 is 11.3 Å². The van der Waals surface area contributed by atoms with E-state index in [4.69, 9.17) is 18.9 Å². The van der Waals surface area contributed by atoms with Crippen LogP contribution in [0.5, 0.6) is 5.75 Å². The summed E-state index contributed by atoms with van der Waals surface area (Å²) < 4.78 is 21.5. The Labute approximate surface area is 208 Å². The van der Waals surface area contributed by atoms with Crippen molar-refractivity contribution in [1.29, 1.82) is 5.26 Å². The summed E-state index contributed by atoms with van der Waals surface area (Å²) in [6.45, 7) is 6.00. The van der Waals surface area contributed by atoms with Crippen molar-refractivity contribution in [2.45, 2.75) is 45.3 Å². The minimum Gasteiger partial charge on any atom is -0.494 e. The first-order chi connectivity index (χ1) is 17.0. The molecule has 9 nitrogen and oxygen atoms in total. The zero-order valence-electron chi connectivity index (χ0n) is 19.9. The number of hydrogen-bond acceptors (Lipinski definition) is 8. The van der Waals surface area contributed by atoms with Gasteiger partial charge in [-0.05, 0) is 36.5 Å². The van der Waals surface area contributed by atoms with Crippen LogP contribution < -0.4 is 10.1 Å². The average Bonchev–Trinajstić information content (AvgIpc) is 3.49. The second kappa shape index (κ2) is 11.5. The predicted octanol–water partition coefficient (Wildman–Crippen LogP) is 4.02. The van der Waals surface area contributed by atoms with Gasteiger partial charge < -0.3 is 29.2 Å². The summed E-state index contributed by atoms with van der Waals surface area (Å²) in [6, 6.07) is 9.94. The van der Waals surface area contributed by atoms with E-state index in [0.717, 1.165) is 21.8 Å². The Balaban J connectivity index is 1.38. The van der Waals surface area contributed by atoms with Crippen molar-refractivity contribution < 1.29 is 28.5 Å². The first-order valence-corrected chi connectivity index (χ1v) is 12.5. The molecule has 1 saturated heterocycles. The topological polar surface area (TPSA) is 110 Å². The molecule has 2 aromatic rings. The molecule has 0 spiro atoms. The highest BCUT2D eigenvalue weighted by atomic mass is 32.1. The quantitative estimate of drug-likeness (QED) is 0.584. The number of rotatable bonds is 8.